The molecule has 1 aromatic carbocycles. The lowest BCUT2D eigenvalue weighted by molar-refractivity contribution is 0.103. The molecule has 0 atom stereocenters. The highest BCUT2D eigenvalue weighted by molar-refractivity contribution is 7.99. The van der Waals surface area contributed by atoms with E-state index in [0.717, 1.165) is 23.0 Å². The molecule has 1 heterocycles. The highest BCUT2D eigenvalue weighted by atomic mass is 32.2. The third kappa shape index (κ3) is 3.04. The monoisotopic (exact) mass is 266 g/mol. The van der Waals surface area contributed by atoms with Crippen molar-refractivity contribution in [3.05, 3.63) is 24.3 Å². The zero-order valence-electron chi connectivity index (χ0n) is 10.5. The smallest absolute Gasteiger partial charge is 0.169 e. The number of fused-ring (bicyclic) bond motifs is 1. The molecule has 0 saturated carbocycles. The molecule has 2 rings (SSSR count). The van der Waals surface area contributed by atoms with Gasteiger partial charge < -0.3 is 14.4 Å². The van der Waals surface area contributed by atoms with Gasteiger partial charge in [-0.15, -0.1) is 0 Å². The third-order valence-electron chi connectivity index (χ3n) is 2.63. The van der Waals surface area contributed by atoms with E-state index < -0.39 is 0 Å². The summed E-state index contributed by atoms with van der Waals surface area (Å²) >= 11 is 1.69. The fraction of sp³-hybridized carbons (Fsp3) is 0.462. The lowest BCUT2D eigenvalue weighted by atomic mass is 10.3. The predicted molar refractivity (Wildman–Crippen MR) is 74.0 cm³/mol. The van der Waals surface area contributed by atoms with Crippen LogP contribution < -0.4 is 0 Å². The van der Waals surface area contributed by atoms with Crippen molar-refractivity contribution in [2.45, 2.75) is 18.6 Å². The van der Waals surface area contributed by atoms with Crippen LogP contribution in [0.15, 0.2) is 29.4 Å². The summed E-state index contributed by atoms with van der Waals surface area (Å²) in [6.07, 6.45) is 0. The molecule has 4 nitrogen and oxygen atoms in total. The number of aromatic nitrogens is 2. The van der Waals surface area contributed by atoms with Crippen LogP contribution in [0, 0.1) is 0 Å². The van der Waals surface area contributed by atoms with E-state index in [4.69, 9.17) is 9.84 Å². The van der Waals surface area contributed by atoms with E-state index >= 15 is 0 Å². The van der Waals surface area contributed by atoms with Gasteiger partial charge in [0.25, 0.3) is 0 Å². The quantitative estimate of drug-likeness (QED) is 0.616. The Balaban J connectivity index is 2.03. The van der Waals surface area contributed by atoms with Crippen LogP contribution in [0.5, 0.6) is 0 Å². The molecule has 2 aromatic rings. The first-order valence-corrected chi connectivity index (χ1v) is 7.12. The van der Waals surface area contributed by atoms with Gasteiger partial charge in [-0.1, -0.05) is 23.9 Å². The standard InChI is InChI=1S/C13H18N2O2S/c1-2-15-12-6-4-3-5-11(12)14-13(15)18-10-9-17-8-7-16/h3-6,16H,2,7-10H2,1H3. The number of benzene rings is 1. The van der Waals surface area contributed by atoms with Crippen LogP contribution in [0.2, 0.25) is 0 Å². The molecule has 0 amide bonds. The summed E-state index contributed by atoms with van der Waals surface area (Å²) in [7, 11) is 0. The number of aliphatic hydroxyl groups excluding tert-OH is 1. The molecule has 0 saturated heterocycles. The molecular weight excluding hydrogens is 248 g/mol. The van der Waals surface area contributed by atoms with E-state index in [-0.39, 0.29) is 6.61 Å². The lowest BCUT2D eigenvalue weighted by Gasteiger charge is -2.05. The Bertz CT molecular complexity index is 499. The molecule has 0 fully saturated rings. The minimum absolute atomic E-state index is 0.0815. The average molecular weight is 266 g/mol. The fourth-order valence-corrected chi connectivity index (χ4v) is 2.76. The van der Waals surface area contributed by atoms with E-state index in [2.05, 4.69) is 22.5 Å². The van der Waals surface area contributed by atoms with Crippen LogP contribution >= 0.6 is 11.8 Å². The predicted octanol–water partition coefficient (Wildman–Crippen LogP) is 2.16. The van der Waals surface area contributed by atoms with Crippen LogP contribution in [0.4, 0.5) is 0 Å². The number of hydrogen-bond acceptors (Lipinski definition) is 4. The van der Waals surface area contributed by atoms with Crippen molar-refractivity contribution in [3.8, 4) is 0 Å². The van der Waals surface area contributed by atoms with Crippen LogP contribution in [0.1, 0.15) is 6.92 Å². The van der Waals surface area contributed by atoms with E-state index in [1.54, 1.807) is 11.8 Å². The SMILES string of the molecule is CCn1c(SCCOCCO)nc2ccccc21. The molecule has 0 aliphatic carbocycles. The number of thioether (sulfide) groups is 1. The van der Waals surface area contributed by atoms with E-state index in [0.29, 0.717) is 13.2 Å². The van der Waals surface area contributed by atoms with Crippen molar-refractivity contribution in [1.82, 2.24) is 9.55 Å². The Labute approximate surface area is 111 Å². The minimum Gasteiger partial charge on any atom is -0.394 e. The van der Waals surface area contributed by atoms with Gasteiger partial charge in [0.2, 0.25) is 0 Å². The number of ether oxygens (including phenoxy) is 1. The Morgan fingerprint density at radius 2 is 2.17 bits per heavy atom. The molecule has 0 bridgehead atoms. The number of hydrogen-bond donors (Lipinski definition) is 1. The molecule has 1 N–H and O–H groups in total. The van der Waals surface area contributed by atoms with Crippen LogP contribution in [0.25, 0.3) is 11.0 Å². The van der Waals surface area contributed by atoms with E-state index in [1.165, 1.54) is 5.52 Å². The summed E-state index contributed by atoms with van der Waals surface area (Å²) in [5.41, 5.74) is 2.22. The molecular formula is C13H18N2O2S. The second kappa shape index (κ2) is 6.78. The first kappa shape index (κ1) is 13.4. The first-order chi connectivity index (χ1) is 8.86. The van der Waals surface area contributed by atoms with Gasteiger partial charge in [0.15, 0.2) is 5.16 Å². The number of nitrogens with zero attached hydrogens (tertiary/aromatic N) is 2. The molecule has 18 heavy (non-hydrogen) atoms. The number of aryl methyl sites for hydroxylation is 1. The Morgan fingerprint density at radius 1 is 1.33 bits per heavy atom. The Morgan fingerprint density at radius 3 is 2.94 bits per heavy atom. The average Bonchev–Trinajstić information content (AvgIpc) is 2.76. The molecule has 5 heteroatoms. The van der Waals surface area contributed by atoms with Crippen LogP contribution in [0.3, 0.4) is 0 Å². The van der Waals surface area contributed by atoms with Gasteiger partial charge in [0, 0.05) is 12.3 Å². The highest BCUT2D eigenvalue weighted by Gasteiger charge is 2.08. The molecule has 0 aliphatic rings. The largest absolute Gasteiger partial charge is 0.394 e. The van der Waals surface area contributed by atoms with Gasteiger partial charge in [0.05, 0.1) is 30.9 Å². The van der Waals surface area contributed by atoms with Gasteiger partial charge in [-0.05, 0) is 19.1 Å². The summed E-state index contributed by atoms with van der Waals surface area (Å²) in [6, 6.07) is 8.18. The second-order valence-corrected chi connectivity index (χ2v) is 4.87. The zero-order valence-corrected chi connectivity index (χ0v) is 11.3. The summed E-state index contributed by atoms with van der Waals surface area (Å²) in [4.78, 5) is 4.62. The first-order valence-electron chi connectivity index (χ1n) is 6.13. The maximum atomic E-state index is 8.61. The lowest BCUT2D eigenvalue weighted by Crippen LogP contribution is -2.03. The highest BCUT2D eigenvalue weighted by Crippen LogP contribution is 2.23. The summed E-state index contributed by atoms with van der Waals surface area (Å²) in [5, 5.41) is 9.65. The number of rotatable bonds is 7. The van der Waals surface area contributed by atoms with Gasteiger partial charge in [0.1, 0.15) is 0 Å². The van der Waals surface area contributed by atoms with Crippen molar-refractivity contribution in [3.63, 3.8) is 0 Å². The molecule has 0 aliphatic heterocycles. The van der Waals surface area contributed by atoms with Gasteiger partial charge in [-0.3, -0.25) is 0 Å². The summed E-state index contributed by atoms with van der Waals surface area (Å²) < 4.78 is 7.46. The van der Waals surface area contributed by atoms with Crippen molar-refractivity contribution in [1.29, 1.82) is 0 Å². The summed E-state index contributed by atoms with van der Waals surface area (Å²) in [6.45, 7) is 4.17. The fourth-order valence-electron chi connectivity index (χ4n) is 1.83. The number of aliphatic hydroxyl groups is 1. The maximum Gasteiger partial charge on any atom is 0.169 e. The molecule has 98 valence electrons. The normalized spacial score (nSPS) is 11.2. The van der Waals surface area contributed by atoms with Gasteiger partial charge in [-0.25, -0.2) is 4.98 Å². The minimum atomic E-state index is 0.0815. The Hall–Kier alpha value is -1.04. The van der Waals surface area contributed by atoms with Gasteiger partial charge in [-0.2, -0.15) is 0 Å². The molecule has 0 unspecified atom stereocenters. The van der Waals surface area contributed by atoms with Crippen molar-refractivity contribution < 1.29 is 9.84 Å². The maximum absolute atomic E-state index is 8.61. The van der Waals surface area contributed by atoms with Crippen LogP contribution in [-0.2, 0) is 11.3 Å². The van der Waals surface area contributed by atoms with E-state index in [1.807, 2.05) is 18.2 Å². The number of imidazole rings is 1. The molecule has 0 radical (unpaired) electrons. The van der Waals surface area contributed by atoms with E-state index in [9.17, 15) is 0 Å². The topological polar surface area (TPSA) is 47.3 Å². The Kier molecular flexibility index (Phi) is 5.04. The number of para-hydroxylation sites is 2. The van der Waals surface area contributed by atoms with Gasteiger partial charge >= 0.3 is 0 Å². The van der Waals surface area contributed by atoms with Crippen LogP contribution in [-0.4, -0.2) is 40.2 Å². The third-order valence-corrected chi connectivity index (χ3v) is 3.57. The zero-order chi connectivity index (χ0) is 12.8. The molecule has 1 aromatic heterocycles. The van der Waals surface area contributed by atoms with Crippen molar-refractivity contribution >= 4 is 22.8 Å². The second-order valence-electron chi connectivity index (χ2n) is 3.81. The van der Waals surface area contributed by atoms with Crippen molar-refractivity contribution in [2.24, 2.45) is 0 Å². The van der Waals surface area contributed by atoms with Crippen molar-refractivity contribution in [2.75, 3.05) is 25.6 Å². The summed E-state index contributed by atoms with van der Waals surface area (Å²) in [5.74, 6) is 0.851. The molecule has 0 spiro atoms.